The minimum Gasteiger partial charge on any atom is -0.395 e. The van der Waals surface area contributed by atoms with Crippen LogP contribution in [0.4, 0.5) is 5.69 Å². The van der Waals surface area contributed by atoms with E-state index in [0.717, 1.165) is 43.6 Å². The second-order valence-corrected chi connectivity index (χ2v) is 9.14. The summed E-state index contributed by atoms with van der Waals surface area (Å²) in [5, 5.41) is 2.98. The Labute approximate surface area is 188 Å². The highest BCUT2D eigenvalue weighted by atomic mass is 32.1. The maximum Gasteiger partial charge on any atom is 0.270 e. The zero-order valence-electron chi connectivity index (χ0n) is 18.7. The van der Waals surface area contributed by atoms with Crippen molar-refractivity contribution in [3.8, 4) is 0 Å². The van der Waals surface area contributed by atoms with Gasteiger partial charge in [0.25, 0.3) is 11.8 Å². The largest absolute Gasteiger partial charge is 0.395 e. The van der Waals surface area contributed by atoms with E-state index < -0.39 is 17.9 Å². The molecule has 1 saturated heterocycles. The lowest BCUT2D eigenvalue weighted by molar-refractivity contribution is -0.126. The molecule has 2 heterocycles. The lowest BCUT2D eigenvalue weighted by Crippen LogP contribution is -2.52. The third-order valence-electron chi connectivity index (χ3n) is 5.37. The molecule has 2 unspecified atom stereocenters. The van der Waals surface area contributed by atoms with Gasteiger partial charge in [0.1, 0.15) is 10.9 Å². The smallest absolute Gasteiger partial charge is 0.270 e. The van der Waals surface area contributed by atoms with E-state index in [9.17, 15) is 14.4 Å². The van der Waals surface area contributed by atoms with Gasteiger partial charge in [-0.2, -0.15) is 4.37 Å². The fourth-order valence-electron chi connectivity index (χ4n) is 3.55. The second-order valence-electron chi connectivity index (χ2n) is 8.36. The highest BCUT2D eigenvalue weighted by molar-refractivity contribution is 7.09. The highest BCUT2D eigenvalue weighted by Crippen LogP contribution is 2.26. The van der Waals surface area contributed by atoms with E-state index in [1.807, 2.05) is 6.92 Å². The van der Waals surface area contributed by atoms with Crippen LogP contribution in [0.3, 0.4) is 0 Å². The minimum absolute atomic E-state index is 0.0331. The molecule has 0 bridgehead atoms. The average molecular weight is 454 g/mol. The number of carbonyl (C=O) groups is 3. The summed E-state index contributed by atoms with van der Waals surface area (Å²) in [7, 11) is 0. The molecule has 0 saturated carbocycles. The van der Waals surface area contributed by atoms with Crippen LogP contribution in [0.1, 0.15) is 79.5 Å². The quantitative estimate of drug-likeness (QED) is 0.443. The van der Waals surface area contributed by atoms with Crippen molar-refractivity contribution in [3.05, 3.63) is 10.6 Å². The van der Waals surface area contributed by atoms with Crippen LogP contribution in [-0.4, -0.2) is 58.8 Å². The SMILES string of the molecule is CCCCC(C(=O)NCCC(C)C)N(CC1CCCO1)C(=O)c1snc(C(N)=O)c1N. The van der Waals surface area contributed by atoms with E-state index >= 15 is 0 Å². The Bertz CT molecular complexity index is 761. The lowest BCUT2D eigenvalue weighted by atomic mass is 10.0. The molecule has 3 amide bonds. The van der Waals surface area contributed by atoms with Crippen LogP contribution in [0.2, 0.25) is 0 Å². The zero-order chi connectivity index (χ0) is 23.0. The monoisotopic (exact) mass is 453 g/mol. The molecule has 10 heteroatoms. The molecule has 2 rings (SSSR count). The van der Waals surface area contributed by atoms with Gasteiger partial charge in [-0.25, -0.2) is 0 Å². The number of anilines is 1. The fraction of sp³-hybridized carbons (Fsp3) is 0.714. The molecule has 1 aromatic heterocycles. The Morgan fingerprint density at radius 2 is 2.06 bits per heavy atom. The Morgan fingerprint density at radius 1 is 1.32 bits per heavy atom. The van der Waals surface area contributed by atoms with Crippen molar-refractivity contribution in [2.45, 2.75) is 71.4 Å². The number of nitrogen functional groups attached to an aromatic ring is 1. The number of aromatic nitrogens is 1. The standard InChI is InChI=1S/C21H35N5O4S/c1-4-5-8-15(20(28)24-10-9-13(2)3)26(12-14-7-6-11-30-14)21(29)18-16(22)17(19(23)27)25-31-18/h13-15H,4-12,22H2,1-3H3,(H2,23,27)(H,24,28). The third-order valence-corrected chi connectivity index (χ3v) is 6.22. The molecule has 5 N–H and O–H groups in total. The van der Waals surface area contributed by atoms with Crippen LogP contribution in [0.5, 0.6) is 0 Å². The van der Waals surface area contributed by atoms with Gasteiger partial charge in [-0.3, -0.25) is 14.4 Å². The lowest BCUT2D eigenvalue weighted by Gasteiger charge is -2.32. The Hall–Kier alpha value is -2.20. The number of ether oxygens (including phenoxy) is 1. The molecule has 0 spiro atoms. The van der Waals surface area contributed by atoms with E-state index in [4.69, 9.17) is 16.2 Å². The molecule has 0 aromatic carbocycles. The first kappa shape index (κ1) is 25.1. The van der Waals surface area contributed by atoms with Gasteiger partial charge in [0.2, 0.25) is 5.91 Å². The van der Waals surface area contributed by atoms with Crippen LogP contribution in [0.25, 0.3) is 0 Å². The number of nitrogens with two attached hydrogens (primary N) is 2. The van der Waals surface area contributed by atoms with Crippen molar-refractivity contribution >= 4 is 34.9 Å². The maximum absolute atomic E-state index is 13.5. The topological polar surface area (TPSA) is 141 Å². The summed E-state index contributed by atoms with van der Waals surface area (Å²) < 4.78 is 9.70. The number of carbonyl (C=O) groups excluding carboxylic acids is 3. The van der Waals surface area contributed by atoms with E-state index in [2.05, 4.69) is 23.5 Å². The molecule has 174 valence electrons. The van der Waals surface area contributed by atoms with E-state index in [-0.39, 0.29) is 34.8 Å². The van der Waals surface area contributed by atoms with Crippen molar-refractivity contribution in [3.63, 3.8) is 0 Å². The number of rotatable bonds is 12. The summed E-state index contributed by atoms with van der Waals surface area (Å²) in [6.07, 6.45) is 4.68. The molecular formula is C21H35N5O4S. The number of primary amides is 1. The van der Waals surface area contributed by atoms with Gasteiger partial charge in [-0.05, 0) is 43.1 Å². The molecule has 0 radical (unpaired) electrons. The molecular weight excluding hydrogens is 418 g/mol. The average Bonchev–Trinajstić information content (AvgIpc) is 3.36. The number of hydrogen-bond acceptors (Lipinski definition) is 7. The number of nitrogens with zero attached hydrogens (tertiary/aromatic N) is 2. The van der Waals surface area contributed by atoms with E-state index in [1.165, 1.54) is 0 Å². The molecule has 9 nitrogen and oxygen atoms in total. The normalized spacial score (nSPS) is 17.0. The summed E-state index contributed by atoms with van der Waals surface area (Å²) in [6.45, 7) is 7.71. The first-order chi connectivity index (χ1) is 14.8. The van der Waals surface area contributed by atoms with Crippen LogP contribution >= 0.6 is 11.5 Å². The van der Waals surface area contributed by atoms with Crippen molar-refractivity contribution in [1.82, 2.24) is 14.6 Å². The molecule has 1 aliphatic heterocycles. The number of amides is 3. The number of hydrogen-bond donors (Lipinski definition) is 3. The van der Waals surface area contributed by atoms with Crippen LogP contribution in [0.15, 0.2) is 0 Å². The minimum atomic E-state index is -0.785. The maximum atomic E-state index is 13.5. The molecule has 31 heavy (non-hydrogen) atoms. The first-order valence-electron chi connectivity index (χ1n) is 11.0. The summed E-state index contributed by atoms with van der Waals surface area (Å²) in [5.41, 5.74) is 11.2. The number of unbranched alkanes of at least 4 members (excludes halogenated alkanes) is 1. The van der Waals surface area contributed by atoms with Gasteiger partial charge in [0, 0.05) is 19.7 Å². The molecule has 2 atom stereocenters. The van der Waals surface area contributed by atoms with Crippen LogP contribution < -0.4 is 16.8 Å². The zero-order valence-corrected chi connectivity index (χ0v) is 19.5. The van der Waals surface area contributed by atoms with Crippen molar-refractivity contribution in [1.29, 1.82) is 0 Å². The molecule has 1 fully saturated rings. The van der Waals surface area contributed by atoms with Gasteiger partial charge in [0.15, 0.2) is 5.69 Å². The van der Waals surface area contributed by atoms with Crippen LogP contribution in [-0.2, 0) is 9.53 Å². The molecule has 1 aliphatic rings. The second kappa shape index (κ2) is 12.0. The van der Waals surface area contributed by atoms with Crippen molar-refractivity contribution in [2.24, 2.45) is 11.7 Å². The first-order valence-corrected chi connectivity index (χ1v) is 11.8. The van der Waals surface area contributed by atoms with Crippen LogP contribution in [0, 0.1) is 5.92 Å². The van der Waals surface area contributed by atoms with Gasteiger partial charge >= 0.3 is 0 Å². The Kier molecular flexibility index (Phi) is 9.70. The molecule has 0 aliphatic carbocycles. The molecule has 1 aromatic rings. The summed E-state index contributed by atoms with van der Waals surface area (Å²) in [5.74, 6) is -0.924. The van der Waals surface area contributed by atoms with Crippen molar-refractivity contribution < 1.29 is 19.1 Å². The van der Waals surface area contributed by atoms with E-state index in [0.29, 0.717) is 25.5 Å². The van der Waals surface area contributed by atoms with Gasteiger partial charge in [-0.15, -0.1) is 0 Å². The Morgan fingerprint density at radius 3 is 2.61 bits per heavy atom. The van der Waals surface area contributed by atoms with Crippen molar-refractivity contribution in [2.75, 3.05) is 25.4 Å². The van der Waals surface area contributed by atoms with Gasteiger partial charge in [-0.1, -0.05) is 33.6 Å². The van der Waals surface area contributed by atoms with Gasteiger partial charge < -0.3 is 26.4 Å². The summed E-state index contributed by atoms with van der Waals surface area (Å²) in [6, 6.07) is -0.651. The predicted octanol–water partition coefficient (Wildman–Crippen LogP) is 2.17. The third kappa shape index (κ3) is 6.90. The van der Waals surface area contributed by atoms with E-state index in [1.54, 1.807) is 4.90 Å². The predicted molar refractivity (Wildman–Crippen MR) is 121 cm³/mol. The highest BCUT2D eigenvalue weighted by Gasteiger charge is 2.35. The Balaban J connectivity index is 2.31. The number of nitrogens with one attached hydrogen (secondary N) is 1. The summed E-state index contributed by atoms with van der Waals surface area (Å²) in [4.78, 5) is 39.8. The fourth-order valence-corrected chi connectivity index (χ4v) is 4.31. The van der Waals surface area contributed by atoms with Gasteiger partial charge in [0.05, 0.1) is 11.8 Å². The summed E-state index contributed by atoms with van der Waals surface area (Å²) >= 11 is 0.834.